The average Bonchev–Trinajstić information content (AvgIpc) is 3.96. The third-order valence-corrected chi connectivity index (χ3v) is 37.8. The molecule has 0 saturated carbocycles. The summed E-state index contributed by atoms with van der Waals surface area (Å²) in [6.07, 6.45) is 7.16. The van der Waals surface area contributed by atoms with Crippen LogP contribution in [-0.4, -0.2) is 9.52 Å². The van der Waals surface area contributed by atoms with Gasteiger partial charge in [-0.05, 0) is 0 Å². The van der Waals surface area contributed by atoms with Crippen LogP contribution in [0.5, 0.6) is 0 Å². The summed E-state index contributed by atoms with van der Waals surface area (Å²) in [5.41, 5.74) is 24.0. The van der Waals surface area contributed by atoms with E-state index in [9.17, 15) is 17.0 Å². The first kappa shape index (κ1) is 41.8. The normalized spacial score (nSPS) is 18.6. The van der Waals surface area contributed by atoms with Crippen LogP contribution >= 0.6 is 17.0 Å². The number of allylic oxidation sites excluding steroid dienone is 2. The number of halogens is 2. The Bertz CT molecular complexity index is 2680. The van der Waals surface area contributed by atoms with Gasteiger partial charge in [0.05, 0.1) is 0 Å². The van der Waals surface area contributed by atoms with Crippen molar-refractivity contribution in [1.82, 2.24) is 0 Å². The van der Waals surface area contributed by atoms with Crippen molar-refractivity contribution in [2.24, 2.45) is 11.8 Å². The van der Waals surface area contributed by atoms with E-state index in [1.54, 1.807) is 0 Å². The Balaban J connectivity index is 1.41. The molecular weight excluding hydrogens is 863 g/mol. The zero-order valence-corrected chi connectivity index (χ0v) is 42.5. The van der Waals surface area contributed by atoms with Crippen molar-refractivity contribution >= 4 is 52.3 Å². The Labute approximate surface area is 370 Å². The summed E-state index contributed by atoms with van der Waals surface area (Å²) in [7, 11) is 18.1. The molecule has 0 bridgehead atoms. The maximum atomic E-state index is 9.48. The summed E-state index contributed by atoms with van der Waals surface area (Å²) in [4.78, 5) is 0. The molecule has 1 aliphatic heterocycles. The van der Waals surface area contributed by atoms with Gasteiger partial charge in [-0.15, -0.1) is 0 Å². The molecule has 60 heavy (non-hydrogen) atoms. The van der Waals surface area contributed by atoms with Crippen molar-refractivity contribution in [1.29, 1.82) is 0 Å². The third kappa shape index (κ3) is 6.28. The number of hydrogen-bond acceptors (Lipinski definition) is 0. The molecule has 2 aliphatic carbocycles. The van der Waals surface area contributed by atoms with Crippen molar-refractivity contribution in [2.45, 2.75) is 89.3 Å². The van der Waals surface area contributed by atoms with Gasteiger partial charge in [0, 0.05) is 0 Å². The molecule has 3 aliphatic rings. The standard InChI is InChI=1S/2C22H25.C12H9Si.2ClH.Zr/c2*1-6-15(3)19-12-18-8-7-9-20(22(18)13-19)21-11-14(2)10-16(4)17(21)5;1-3-7-11-9(5-1)10-6-2-4-8-12(10)13-11;;;/h2*7-13,15H,6H2,1-5H3;1-7H,13H2;2*1H;/q;;;;;+2/p-2. The Morgan fingerprint density at radius 3 is 1.48 bits per heavy atom. The van der Waals surface area contributed by atoms with Gasteiger partial charge in [-0.1, -0.05) is 0 Å². The topological polar surface area (TPSA) is 0 Å². The fourth-order valence-electron chi connectivity index (χ4n) is 11.5. The number of rotatable bonds is 9. The van der Waals surface area contributed by atoms with Crippen LogP contribution in [0, 0.1) is 53.4 Å². The molecule has 305 valence electrons. The van der Waals surface area contributed by atoms with E-state index in [2.05, 4.69) is 185 Å². The Morgan fingerprint density at radius 1 is 0.533 bits per heavy atom. The van der Waals surface area contributed by atoms with Gasteiger partial charge < -0.3 is 0 Å². The van der Waals surface area contributed by atoms with Crippen LogP contribution in [-0.2, 0) is 16.4 Å². The fourth-order valence-corrected chi connectivity index (χ4v) is 39.5. The molecule has 0 fully saturated rings. The summed E-state index contributed by atoms with van der Waals surface area (Å²) in [6.45, 7) is 23.0. The molecule has 0 spiro atoms. The number of hydrogen-bond donors (Lipinski definition) is 0. The van der Waals surface area contributed by atoms with E-state index in [1.807, 2.05) is 0 Å². The molecule has 6 aromatic rings. The number of fused-ring (bicyclic) bond motifs is 5. The first-order valence-corrected chi connectivity index (χ1v) is 34.1. The van der Waals surface area contributed by atoms with E-state index in [-0.39, 0.29) is 7.25 Å². The number of aryl methyl sites for hydroxylation is 4. The van der Waals surface area contributed by atoms with Gasteiger partial charge in [-0.25, -0.2) is 0 Å². The average molecular weight is 922 g/mol. The van der Waals surface area contributed by atoms with Crippen molar-refractivity contribution in [3.8, 4) is 33.4 Å². The van der Waals surface area contributed by atoms with Gasteiger partial charge in [-0.3, -0.25) is 0 Å². The molecule has 0 amide bonds. The zero-order valence-electron chi connectivity index (χ0n) is 37.2. The van der Waals surface area contributed by atoms with Crippen molar-refractivity contribution in [3.05, 3.63) is 170 Å². The molecule has 0 aromatic heterocycles. The minimum absolute atomic E-state index is 0.106. The van der Waals surface area contributed by atoms with Gasteiger partial charge in [-0.2, -0.15) is 0 Å². The molecule has 4 atom stereocenters. The summed E-state index contributed by atoms with van der Waals surface area (Å²) >= 11 is -5.71. The Hall–Kier alpha value is -3.52. The summed E-state index contributed by atoms with van der Waals surface area (Å²) in [5.74, 6) is 0.599. The molecule has 4 unspecified atom stereocenters. The van der Waals surface area contributed by atoms with E-state index < -0.39 is 25.9 Å². The first-order valence-electron chi connectivity index (χ1n) is 22.3. The SMILES string of the molecule is CCC(C)C1=Cc2c(-c3cc(C)cc(C)c3C)cccc2[CH]1[Zr]([Cl])([Cl])([c]1cccc2c1[SiH2]c1ccccc1-2)[CH]1C(C(C)CC)=Cc2c(-c3cc(C)cc(C)c3C)cccc21. The molecule has 0 N–H and O–H groups in total. The predicted molar refractivity (Wildman–Crippen MR) is 264 cm³/mol. The van der Waals surface area contributed by atoms with E-state index in [0.717, 1.165) is 12.8 Å². The molecule has 9 rings (SSSR count). The summed E-state index contributed by atoms with van der Waals surface area (Å²) < 4.78 is 1.09. The maximum absolute atomic E-state index is 9.48. The van der Waals surface area contributed by atoms with Crippen LogP contribution in [0.2, 0.25) is 0 Å². The van der Waals surface area contributed by atoms with Crippen LogP contribution in [0.25, 0.3) is 45.5 Å². The molecule has 0 saturated heterocycles. The summed E-state index contributed by atoms with van der Waals surface area (Å²) in [5, 5.41) is 2.98. The molecular formula is C56H59Cl2SiZr. The third-order valence-electron chi connectivity index (χ3n) is 15.2. The second kappa shape index (κ2) is 15.4. The predicted octanol–water partition coefficient (Wildman–Crippen LogP) is 14.0. The Morgan fingerprint density at radius 2 is 0.983 bits per heavy atom. The van der Waals surface area contributed by atoms with Gasteiger partial charge in [0.15, 0.2) is 0 Å². The quantitative estimate of drug-likeness (QED) is 0.127. The molecule has 4 heteroatoms. The van der Waals surface area contributed by atoms with E-state index in [1.165, 1.54) is 114 Å². The van der Waals surface area contributed by atoms with Gasteiger partial charge in [0.25, 0.3) is 0 Å². The summed E-state index contributed by atoms with van der Waals surface area (Å²) in [6, 6.07) is 39.6. The Kier molecular flexibility index (Phi) is 10.7. The monoisotopic (exact) mass is 919 g/mol. The minimum atomic E-state index is -5.71. The van der Waals surface area contributed by atoms with Gasteiger partial charge in [0.2, 0.25) is 0 Å². The fraction of sp³-hybridized carbons (Fsp3) is 0.286. The van der Waals surface area contributed by atoms with E-state index >= 15 is 0 Å². The van der Waals surface area contributed by atoms with Gasteiger partial charge in [0.1, 0.15) is 0 Å². The van der Waals surface area contributed by atoms with Crippen LogP contribution in [0.15, 0.2) is 114 Å². The second-order valence-electron chi connectivity index (χ2n) is 18.7. The molecule has 0 radical (unpaired) electrons. The van der Waals surface area contributed by atoms with E-state index in [4.69, 9.17) is 0 Å². The molecule has 6 aromatic carbocycles. The zero-order chi connectivity index (χ0) is 42.4. The van der Waals surface area contributed by atoms with Crippen LogP contribution < -0.4 is 13.6 Å². The van der Waals surface area contributed by atoms with Crippen molar-refractivity contribution < 1.29 is 16.4 Å². The number of benzene rings is 6. The van der Waals surface area contributed by atoms with Crippen LogP contribution in [0.4, 0.5) is 0 Å². The van der Waals surface area contributed by atoms with Gasteiger partial charge >= 0.3 is 373 Å². The molecule has 0 nitrogen and oxygen atoms in total. The first-order chi connectivity index (χ1) is 28.7. The second-order valence-corrected chi connectivity index (χ2v) is 41.1. The van der Waals surface area contributed by atoms with Crippen LogP contribution in [0.1, 0.15) is 103 Å². The van der Waals surface area contributed by atoms with Crippen LogP contribution in [0.3, 0.4) is 0 Å². The van der Waals surface area contributed by atoms with E-state index in [0.29, 0.717) is 11.8 Å². The van der Waals surface area contributed by atoms with Crippen molar-refractivity contribution in [2.75, 3.05) is 0 Å². The molecule has 1 heterocycles. The van der Waals surface area contributed by atoms with Crippen molar-refractivity contribution in [3.63, 3.8) is 0 Å².